The van der Waals surface area contributed by atoms with E-state index in [0.717, 1.165) is 42.4 Å². The number of nitrogen functional groups attached to an aromatic ring is 1. The number of nitrogens with two attached hydrogens (primary N) is 2. The standard InChI is InChI=1S/C21H28ClN7O5S3/c22-17-14(27-21(24)37-17)15(28-34)18(30)26-13-10-1-2-12(16(20(32)33)29(10)19(13)31)36-11-3-5-25-7-9(11)8-35-6-4-23/h9-11,13,25,34H,1-8,23H2,(H2,24,27)(H,26,30)(H,32,33)/b28-15-/t9?,10-,11?,13+/m1/s1. The predicted molar refractivity (Wildman–Crippen MR) is 145 cm³/mol. The van der Waals surface area contributed by atoms with Gasteiger partial charge in [-0.2, -0.15) is 11.8 Å². The van der Waals surface area contributed by atoms with Gasteiger partial charge in [-0.1, -0.05) is 28.1 Å². The number of piperidine rings is 1. The summed E-state index contributed by atoms with van der Waals surface area (Å²) in [5, 5.41) is 28.7. The molecular formula is C21H28ClN7O5S3. The molecule has 1 aromatic heterocycles. The molecule has 0 radical (unpaired) electrons. The largest absolute Gasteiger partial charge is 0.477 e. The first-order valence-electron chi connectivity index (χ1n) is 11.7. The Bertz CT molecular complexity index is 1130. The lowest BCUT2D eigenvalue weighted by Crippen LogP contribution is -2.72. The number of nitrogens with zero attached hydrogens (tertiary/aromatic N) is 3. The minimum atomic E-state index is -1.17. The molecule has 0 spiro atoms. The quantitative estimate of drug-likeness (QED) is 0.0740. The van der Waals surface area contributed by atoms with Gasteiger partial charge in [0.15, 0.2) is 10.8 Å². The Balaban J connectivity index is 1.47. The second-order valence-electron chi connectivity index (χ2n) is 8.74. The maximum atomic E-state index is 13.1. The van der Waals surface area contributed by atoms with E-state index in [4.69, 9.17) is 23.1 Å². The maximum absolute atomic E-state index is 13.1. The number of fused-ring (bicyclic) bond motifs is 1. The topological polar surface area (TPSA) is 196 Å². The van der Waals surface area contributed by atoms with Crippen LogP contribution in [0.1, 0.15) is 25.0 Å². The lowest BCUT2D eigenvalue weighted by Gasteiger charge is -2.50. The SMILES string of the molecule is NCCSCC1CNCCC1SC1=C(C(=O)O)N2C(=O)[C@@H](NC(=O)/C(=N\O)c3nc(N)sc3Cl)[C@H]2CC1. The monoisotopic (exact) mass is 589 g/mol. The third kappa shape index (κ3) is 5.86. The molecule has 12 nitrogen and oxygen atoms in total. The molecule has 202 valence electrons. The molecule has 3 aliphatic rings. The molecule has 4 rings (SSSR count). The average Bonchev–Trinajstić information content (AvgIpc) is 3.20. The molecular weight excluding hydrogens is 562 g/mol. The molecule has 37 heavy (non-hydrogen) atoms. The molecule has 8 N–H and O–H groups in total. The van der Waals surface area contributed by atoms with Gasteiger partial charge >= 0.3 is 5.97 Å². The summed E-state index contributed by atoms with van der Waals surface area (Å²) in [7, 11) is 0. The number of carboxylic acid groups (broad SMARTS) is 1. The summed E-state index contributed by atoms with van der Waals surface area (Å²) in [6.45, 7) is 2.32. The average molecular weight is 590 g/mol. The molecule has 2 amide bonds. The van der Waals surface area contributed by atoms with Crippen LogP contribution >= 0.6 is 46.5 Å². The molecule has 0 bridgehead atoms. The first-order chi connectivity index (χ1) is 17.8. The predicted octanol–water partition coefficient (Wildman–Crippen LogP) is 0.746. The summed E-state index contributed by atoms with van der Waals surface area (Å²) in [5.74, 6) is -0.400. The third-order valence-corrected chi connectivity index (χ3v) is 10.3. The van der Waals surface area contributed by atoms with E-state index in [1.165, 1.54) is 4.90 Å². The molecule has 0 aliphatic carbocycles. The molecule has 4 heterocycles. The highest BCUT2D eigenvalue weighted by Crippen LogP contribution is 2.44. The maximum Gasteiger partial charge on any atom is 0.353 e. The van der Waals surface area contributed by atoms with Crippen molar-refractivity contribution in [2.45, 2.75) is 36.6 Å². The zero-order valence-electron chi connectivity index (χ0n) is 19.7. The van der Waals surface area contributed by atoms with Crippen molar-refractivity contribution in [3.8, 4) is 0 Å². The van der Waals surface area contributed by atoms with Crippen molar-refractivity contribution in [3.63, 3.8) is 0 Å². The van der Waals surface area contributed by atoms with Crippen LogP contribution in [0.15, 0.2) is 15.8 Å². The number of thioether (sulfide) groups is 2. The Kier molecular flexibility index (Phi) is 9.24. The van der Waals surface area contributed by atoms with Gasteiger partial charge in [0.25, 0.3) is 11.8 Å². The van der Waals surface area contributed by atoms with Crippen LogP contribution in [0.3, 0.4) is 0 Å². The van der Waals surface area contributed by atoms with Gasteiger partial charge in [-0.15, -0.1) is 11.8 Å². The Hall–Kier alpha value is -2.04. The Morgan fingerprint density at radius 3 is 2.81 bits per heavy atom. The van der Waals surface area contributed by atoms with E-state index in [0.29, 0.717) is 30.2 Å². The normalized spacial score (nSPS) is 26.1. The highest BCUT2D eigenvalue weighted by Gasteiger charge is 2.54. The number of carboxylic acids is 1. The highest BCUT2D eigenvalue weighted by molar-refractivity contribution is 8.03. The summed E-state index contributed by atoms with van der Waals surface area (Å²) < 4.78 is 0.0649. The molecule has 2 saturated heterocycles. The molecule has 2 unspecified atom stereocenters. The molecule has 4 atom stereocenters. The van der Waals surface area contributed by atoms with Gasteiger partial charge in [-0.3, -0.25) is 14.5 Å². The van der Waals surface area contributed by atoms with Crippen LogP contribution in [0.25, 0.3) is 0 Å². The number of allylic oxidation sites excluding steroid dienone is 1. The number of nitrogens with one attached hydrogen (secondary N) is 2. The number of aliphatic carboxylic acids is 1. The second-order valence-corrected chi connectivity index (χ2v) is 12.9. The number of β-lactam (4-membered cyclic amide) rings is 1. The van der Waals surface area contributed by atoms with Crippen molar-refractivity contribution in [2.24, 2.45) is 16.8 Å². The van der Waals surface area contributed by atoms with Crippen molar-refractivity contribution in [2.75, 3.05) is 36.9 Å². The second kappa shape index (κ2) is 12.2. The summed E-state index contributed by atoms with van der Waals surface area (Å²) in [6.07, 6.45) is 1.87. The van der Waals surface area contributed by atoms with Crippen LogP contribution < -0.4 is 22.1 Å². The highest BCUT2D eigenvalue weighted by atomic mass is 35.5. The van der Waals surface area contributed by atoms with E-state index < -0.39 is 35.6 Å². The lowest BCUT2D eigenvalue weighted by molar-refractivity contribution is -0.155. The number of hydrogen-bond acceptors (Lipinski definition) is 12. The van der Waals surface area contributed by atoms with Crippen LogP contribution in [0, 0.1) is 5.92 Å². The number of carbonyl (C=O) groups is 3. The smallest absolute Gasteiger partial charge is 0.353 e. The van der Waals surface area contributed by atoms with E-state index in [2.05, 4.69) is 20.8 Å². The van der Waals surface area contributed by atoms with Gasteiger partial charge in [0, 0.05) is 22.5 Å². The van der Waals surface area contributed by atoms with Gasteiger partial charge in [0.05, 0.1) is 6.04 Å². The third-order valence-electron chi connectivity index (χ3n) is 6.45. The van der Waals surface area contributed by atoms with Gasteiger partial charge in [-0.05, 0) is 44.0 Å². The fourth-order valence-electron chi connectivity index (χ4n) is 4.74. The van der Waals surface area contributed by atoms with Crippen molar-refractivity contribution in [1.29, 1.82) is 0 Å². The van der Waals surface area contributed by atoms with Gasteiger partial charge in [0.1, 0.15) is 21.8 Å². The van der Waals surface area contributed by atoms with E-state index in [-0.39, 0.29) is 26.1 Å². The molecule has 2 fully saturated rings. The van der Waals surface area contributed by atoms with Crippen molar-refractivity contribution in [3.05, 3.63) is 20.6 Å². The number of anilines is 1. The summed E-state index contributed by atoms with van der Waals surface area (Å²) in [4.78, 5) is 44.0. The lowest BCUT2D eigenvalue weighted by atomic mass is 9.86. The number of halogens is 1. The van der Waals surface area contributed by atoms with E-state index in [9.17, 15) is 24.7 Å². The van der Waals surface area contributed by atoms with Crippen LogP contribution in [0.5, 0.6) is 0 Å². The minimum Gasteiger partial charge on any atom is -0.477 e. The van der Waals surface area contributed by atoms with Gasteiger partial charge in [-0.25, -0.2) is 9.78 Å². The van der Waals surface area contributed by atoms with E-state index >= 15 is 0 Å². The summed E-state index contributed by atoms with van der Waals surface area (Å²) in [5.41, 5.74) is 10.6. The van der Waals surface area contributed by atoms with Crippen LogP contribution in [0.2, 0.25) is 4.34 Å². The van der Waals surface area contributed by atoms with Crippen molar-refractivity contribution in [1.82, 2.24) is 20.5 Å². The molecule has 16 heteroatoms. The Labute approximate surface area is 230 Å². The molecule has 0 aromatic carbocycles. The number of thiazole rings is 1. The van der Waals surface area contributed by atoms with Crippen molar-refractivity contribution < 1.29 is 24.7 Å². The van der Waals surface area contributed by atoms with Gasteiger partial charge in [0.2, 0.25) is 0 Å². The van der Waals surface area contributed by atoms with Gasteiger partial charge < -0.3 is 32.4 Å². The first kappa shape index (κ1) is 28.0. The van der Waals surface area contributed by atoms with E-state index in [1.807, 2.05) is 0 Å². The first-order valence-corrected chi connectivity index (χ1v) is 14.9. The summed E-state index contributed by atoms with van der Waals surface area (Å²) >= 11 is 10.3. The number of rotatable bonds is 10. The fraction of sp³-hybridized carbons (Fsp3) is 0.571. The Morgan fingerprint density at radius 2 is 2.16 bits per heavy atom. The fourth-order valence-corrected chi connectivity index (χ4v) is 8.29. The molecule has 3 aliphatic heterocycles. The Morgan fingerprint density at radius 1 is 1.38 bits per heavy atom. The number of aromatic nitrogens is 1. The number of carbonyl (C=O) groups excluding carboxylic acids is 2. The zero-order valence-corrected chi connectivity index (χ0v) is 22.9. The number of oxime groups is 1. The van der Waals surface area contributed by atoms with Crippen LogP contribution in [-0.4, -0.2) is 92.2 Å². The van der Waals surface area contributed by atoms with Crippen molar-refractivity contribution >= 4 is 75.1 Å². The summed E-state index contributed by atoms with van der Waals surface area (Å²) in [6, 6.07) is -1.48. The van der Waals surface area contributed by atoms with E-state index in [1.54, 1.807) is 23.5 Å². The number of hydrogen-bond donors (Lipinski definition) is 6. The van der Waals surface area contributed by atoms with Crippen LogP contribution in [0.4, 0.5) is 5.13 Å². The zero-order chi connectivity index (χ0) is 26.7. The molecule has 1 aromatic rings. The number of amides is 2. The molecule has 0 saturated carbocycles. The minimum absolute atomic E-state index is 0.0185. The van der Waals surface area contributed by atoms with Crippen LogP contribution in [-0.2, 0) is 14.4 Å².